The van der Waals surface area contributed by atoms with Gasteiger partial charge in [-0.05, 0) is 6.42 Å². The van der Waals surface area contributed by atoms with Crippen molar-refractivity contribution in [3.8, 4) is 0 Å². The summed E-state index contributed by atoms with van der Waals surface area (Å²) in [5, 5.41) is 19.2. The first-order valence-electron chi connectivity index (χ1n) is 6.19. The van der Waals surface area contributed by atoms with E-state index in [1.54, 1.807) is 12.2 Å². The van der Waals surface area contributed by atoms with Crippen LogP contribution in [0.1, 0.15) is 45.4 Å². The largest absolute Gasteiger partial charge is 0.392 e. The number of hydrogen-bond acceptors (Lipinski definition) is 3. The third kappa shape index (κ3) is 4.45. The number of Topliss-reactive ketones (excluding diaryl/α,β-unsaturated/α-hetero) is 1. The lowest BCUT2D eigenvalue weighted by Gasteiger charge is -2.09. The number of unbranched alkanes of at least 4 members (excludes halogenated alkanes) is 2. The predicted octanol–water partition coefficient (Wildman–Crippen LogP) is 1.82. The molecule has 1 saturated carbocycles. The van der Waals surface area contributed by atoms with Crippen molar-refractivity contribution in [3.63, 3.8) is 0 Å². The second kappa shape index (κ2) is 6.81. The summed E-state index contributed by atoms with van der Waals surface area (Å²) in [6, 6.07) is 0. The van der Waals surface area contributed by atoms with Gasteiger partial charge in [0, 0.05) is 18.8 Å². The highest BCUT2D eigenvalue weighted by Crippen LogP contribution is 2.24. The van der Waals surface area contributed by atoms with Crippen LogP contribution in [0.15, 0.2) is 12.2 Å². The molecule has 0 amide bonds. The van der Waals surface area contributed by atoms with Gasteiger partial charge in [-0.15, -0.1) is 0 Å². The first-order chi connectivity index (χ1) is 7.63. The molecule has 3 heteroatoms. The van der Waals surface area contributed by atoms with Crippen molar-refractivity contribution < 1.29 is 15.0 Å². The zero-order valence-electron chi connectivity index (χ0n) is 9.93. The molecule has 16 heavy (non-hydrogen) atoms. The summed E-state index contributed by atoms with van der Waals surface area (Å²) in [6.07, 6.45) is 7.28. The van der Waals surface area contributed by atoms with Gasteiger partial charge in [0.05, 0.1) is 12.2 Å². The quantitative estimate of drug-likeness (QED) is 0.536. The zero-order valence-corrected chi connectivity index (χ0v) is 9.93. The Kier molecular flexibility index (Phi) is 5.71. The monoisotopic (exact) mass is 226 g/mol. The van der Waals surface area contributed by atoms with Gasteiger partial charge in [-0.1, -0.05) is 38.3 Å². The topological polar surface area (TPSA) is 57.5 Å². The van der Waals surface area contributed by atoms with Gasteiger partial charge in [0.25, 0.3) is 0 Å². The Morgan fingerprint density at radius 2 is 2.19 bits per heavy atom. The van der Waals surface area contributed by atoms with Crippen LogP contribution in [0.2, 0.25) is 0 Å². The van der Waals surface area contributed by atoms with Crippen LogP contribution >= 0.6 is 0 Å². The fraction of sp³-hybridized carbons (Fsp3) is 0.769. The Balaban J connectivity index is 2.27. The number of aliphatic hydroxyl groups excluding tert-OH is 2. The van der Waals surface area contributed by atoms with Crippen molar-refractivity contribution in [1.82, 2.24) is 0 Å². The molecular weight excluding hydrogens is 204 g/mol. The van der Waals surface area contributed by atoms with Crippen molar-refractivity contribution in [2.24, 2.45) is 5.92 Å². The first-order valence-corrected chi connectivity index (χ1v) is 6.19. The molecule has 1 unspecified atom stereocenters. The SMILES string of the molecule is CCCCC[C@@H](O)/C=C/[C@@H]1CC(=O)CC1O. The summed E-state index contributed by atoms with van der Waals surface area (Å²) < 4.78 is 0. The van der Waals surface area contributed by atoms with E-state index in [1.165, 1.54) is 0 Å². The number of hydrogen-bond donors (Lipinski definition) is 2. The summed E-state index contributed by atoms with van der Waals surface area (Å²) in [6.45, 7) is 2.13. The van der Waals surface area contributed by atoms with E-state index in [0.29, 0.717) is 6.42 Å². The van der Waals surface area contributed by atoms with Gasteiger partial charge < -0.3 is 10.2 Å². The van der Waals surface area contributed by atoms with Crippen LogP contribution < -0.4 is 0 Å². The molecule has 1 rings (SSSR count). The van der Waals surface area contributed by atoms with Gasteiger partial charge in [0.1, 0.15) is 5.78 Å². The van der Waals surface area contributed by atoms with Gasteiger partial charge in [0.15, 0.2) is 0 Å². The summed E-state index contributed by atoms with van der Waals surface area (Å²) in [4.78, 5) is 11.1. The Morgan fingerprint density at radius 1 is 1.44 bits per heavy atom. The Hall–Kier alpha value is -0.670. The molecule has 0 bridgehead atoms. The van der Waals surface area contributed by atoms with Gasteiger partial charge in [-0.2, -0.15) is 0 Å². The van der Waals surface area contributed by atoms with Gasteiger partial charge in [-0.25, -0.2) is 0 Å². The molecule has 1 fully saturated rings. The molecule has 0 radical (unpaired) electrons. The second-order valence-electron chi connectivity index (χ2n) is 4.63. The fourth-order valence-corrected chi connectivity index (χ4v) is 2.03. The van der Waals surface area contributed by atoms with Crippen molar-refractivity contribution in [3.05, 3.63) is 12.2 Å². The number of ketones is 1. The van der Waals surface area contributed by atoms with Crippen molar-refractivity contribution in [2.45, 2.75) is 57.7 Å². The highest BCUT2D eigenvalue weighted by Gasteiger charge is 2.29. The molecule has 0 heterocycles. The van der Waals surface area contributed by atoms with E-state index in [2.05, 4.69) is 6.92 Å². The molecule has 3 nitrogen and oxygen atoms in total. The highest BCUT2D eigenvalue weighted by molar-refractivity contribution is 5.81. The lowest BCUT2D eigenvalue weighted by Crippen LogP contribution is -2.11. The van der Waals surface area contributed by atoms with Crippen LogP contribution in [0.3, 0.4) is 0 Å². The summed E-state index contributed by atoms with van der Waals surface area (Å²) in [5.41, 5.74) is 0. The third-order valence-electron chi connectivity index (χ3n) is 3.08. The van der Waals surface area contributed by atoms with Crippen LogP contribution in [0, 0.1) is 5.92 Å². The minimum atomic E-state index is -0.549. The Labute approximate surface area is 97.2 Å². The van der Waals surface area contributed by atoms with E-state index >= 15 is 0 Å². The van der Waals surface area contributed by atoms with E-state index in [0.717, 1.165) is 25.7 Å². The van der Waals surface area contributed by atoms with Crippen LogP contribution in [-0.2, 0) is 4.79 Å². The van der Waals surface area contributed by atoms with E-state index in [1.807, 2.05) is 0 Å². The van der Waals surface area contributed by atoms with E-state index in [-0.39, 0.29) is 18.1 Å². The minimum absolute atomic E-state index is 0.0895. The zero-order chi connectivity index (χ0) is 12.0. The Morgan fingerprint density at radius 3 is 2.75 bits per heavy atom. The van der Waals surface area contributed by atoms with Crippen molar-refractivity contribution in [1.29, 1.82) is 0 Å². The van der Waals surface area contributed by atoms with Crippen LogP contribution in [0.25, 0.3) is 0 Å². The maximum absolute atomic E-state index is 11.1. The molecule has 0 spiro atoms. The van der Waals surface area contributed by atoms with Crippen molar-refractivity contribution in [2.75, 3.05) is 0 Å². The first kappa shape index (κ1) is 13.4. The molecule has 0 aliphatic heterocycles. The third-order valence-corrected chi connectivity index (χ3v) is 3.08. The van der Waals surface area contributed by atoms with E-state index in [9.17, 15) is 15.0 Å². The molecule has 92 valence electrons. The second-order valence-corrected chi connectivity index (χ2v) is 4.63. The maximum atomic E-state index is 11.1. The van der Waals surface area contributed by atoms with E-state index in [4.69, 9.17) is 0 Å². The average molecular weight is 226 g/mol. The highest BCUT2D eigenvalue weighted by atomic mass is 16.3. The average Bonchev–Trinajstić information content (AvgIpc) is 2.55. The van der Waals surface area contributed by atoms with E-state index < -0.39 is 12.2 Å². The van der Waals surface area contributed by atoms with Crippen LogP contribution in [-0.4, -0.2) is 28.2 Å². The Bertz CT molecular complexity index is 248. The molecule has 1 aliphatic carbocycles. The number of rotatable bonds is 6. The number of carbonyl (C=O) groups excluding carboxylic acids is 1. The number of aliphatic hydroxyl groups is 2. The van der Waals surface area contributed by atoms with Gasteiger partial charge in [-0.3, -0.25) is 4.79 Å². The lowest BCUT2D eigenvalue weighted by atomic mass is 10.0. The summed E-state index contributed by atoms with van der Waals surface area (Å²) in [5.74, 6) is 0.0240. The molecule has 3 atom stereocenters. The standard InChI is InChI=1S/C13H22O3/c1-2-3-4-5-11(14)7-6-10-8-12(15)9-13(10)16/h6-7,10-11,13-14,16H,2-5,8-9H2,1H3/b7-6+/t10-,11-,13?/m1/s1. The summed E-state index contributed by atoms with van der Waals surface area (Å²) >= 11 is 0. The molecule has 0 aromatic rings. The molecule has 2 N–H and O–H groups in total. The smallest absolute Gasteiger partial charge is 0.136 e. The summed E-state index contributed by atoms with van der Waals surface area (Å²) in [7, 11) is 0. The predicted molar refractivity (Wildman–Crippen MR) is 63.0 cm³/mol. The molecule has 1 aliphatic rings. The molecule has 0 aromatic heterocycles. The minimum Gasteiger partial charge on any atom is -0.392 e. The van der Waals surface area contributed by atoms with Gasteiger partial charge in [0.2, 0.25) is 0 Å². The fourth-order valence-electron chi connectivity index (χ4n) is 2.03. The number of carbonyl (C=O) groups is 1. The lowest BCUT2D eigenvalue weighted by molar-refractivity contribution is -0.117. The molecule has 0 aromatic carbocycles. The molecule has 0 saturated heterocycles. The normalized spacial score (nSPS) is 27.8. The molecular formula is C13H22O3. The van der Waals surface area contributed by atoms with Gasteiger partial charge >= 0.3 is 0 Å². The van der Waals surface area contributed by atoms with Crippen molar-refractivity contribution >= 4 is 5.78 Å². The van der Waals surface area contributed by atoms with Crippen LogP contribution in [0.4, 0.5) is 0 Å². The van der Waals surface area contributed by atoms with Crippen LogP contribution in [0.5, 0.6) is 0 Å². The maximum Gasteiger partial charge on any atom is 0.136 e.